The van der Waals surface area contributed by atoms with Crippen LogP contribution in [0.1, 0.15) is 12.0 Å². The molecular weight excluding hydrogens is 324 g/mol. The molecule has 1 atom stereocenters. The molecule has 2 rings (SSSR count). The molecule has 0 radical (unpaired) electrons. The fourth-order valence-corrected chi connectivity index (χ4v) is 2.46. The van der Waals surface area contributed by atoms with E-state index in [1.807, 2.05) is 24.3 Å². The van der Waals surface area contributed by atoms with Crippen LogP contribution in [0.4, 0.5) is 0 Å². The molecule has 0 saturated carbocycles. The monoisotopic (exact) mass is 340 g/mol. The zero-order chi connectivity index (χ0) is 14.5. The molecule has 108 valence electrons. The number of primary amides is 1. The molecule has 6 heteroatoms. The number of halogens is 1. The molecule has 1 aliphatic heterocycles. The number of carbonyl (C=O) groups excluding carboxylic acids is 2. The van der Waals surface area contributed by atoms with Gasteiger partial charge in [0.15, 0.2) is 0 Å². The summed E-state index contributed by atoms with van der Waals surface area (Å²) in [5, 5.41) is 0. The van der Waals surface area contributed by atoms with Crippen molar-refractivity contribution in [1.29, 1.82) is 0 Å². The molecular formula is C14H17BrN2O3. The van der Waals surface area contributed by atoms with Crippen LogP contribution in [0.5, 0.6) is 0 Å². The van der Waals surface area contributed by atoms with Gasteiger partial charge in [0.1, 0.15) is 0 Å². The Kier molecular flexibility index (Phi) is 5.14. The van der Waals surface area contributed by atoms with Gasteiger partial charge in [-0.2, -0.15) is 0 Å². The van der Waals surface area contributed by atoms with Crippen LogP contribution in [0.15, 0.2) is 28.7 Å². The first kappa shape index (κ1) is 15.0. The van der Waals surface area contributed by atoms with Crippen molar-refractivity contribution in [1.82, 2.24) is 4.90 Å². The molecule has 5 nitrogen and oxygen atoms in total. The van der Waals surface area contributed by atoms with Gasteiger partial charge in [-0.05, 0) is 24.1 Å². The lowest BCUT2D eigenvalue weighted by Crippen LogP contribution is -2.41. The van der Waals surface area contributed by atoms with E-state index in [4.69, 9.17) is 10.5 Å². The van der Waals surface area contributed by atoms with Crippen LogP contribution < -0.4 is 5.73 Å². The van der Waals surface area contributed by atoms with Crippen molar-refractivity contribution in [3.8, 4) is 0 Å². The second-order valence-corrected chi connectivity index (χ2v) is 5.76. The van der Waals surface area contributed by atoms with Crippen molar-refractivity contribution in [2.24, 2.45) is 11.7 Å². The molecule has 1 aromatic carbocycles. The maximum absolute atomic E-state index is 12.4. The van der Waals surface area contributed by atoms with Crippen molar-refractivity contribution < 1.29 is 14.3 Å². The highest BCUT2D eigenvalue weighted by molar-refractivity contribution is 9.10. The predicted octanol–water partition coefficient (Wildman–Crippen LogP) is 1.30. The fraction of sp³-hybridized carbons (Fsp3) is 0.429. The smallest absolute Gasteiger partial charge is 0.237 e. The normalized spacial score (nSPS) is 17.9. The maximum atomic E-state index is 12.4. The lowest BCUT2D eigenvalue weighted by molar-refractivity contribution is -0.139. The van der Waals surface area contributed by atoms with Gasteiger partial charge in [0.25, 0.3) is 0 Å². The molecule has 1 saturated heterocycles. The average molecular weight is 341 g/mol. The number of hydrogen-bond acceptors (Lipinski definition) is 3. The average Bonchev–Trinajstić information content (AvgIpc) is 2.93. The van der Waals surface area contributed by atoms with E-state index in [0.717, 1.165) is 10.0 Å². The van der Waals surface area contributed by atoms with E-state index in [1.54, 1.807) is 0 Å². The summed E-state index contributed by atoms with van der Waals surface area (Å²) in [5.74, 6) is -0.733. The standard InChI is InChI=1S/C14H17BrN2O3/c15-12-3-1-10(2-4-12)7-17(8-13(16)18)14(19)11-5-6-20-9-11/h1-4,11H,5-9H2,(H2,16,18). The van der Waals surface area contributed by atoms with E-state index in [-0.39, 0.29) is 18.4 Å². The zero-order valence-corrected chi connectivity index (χ0v) is 12.6. The summed E-state index contributed by atoms with van der Waals surface area (Å²) in [5.41, 5.74) is 6.20. The van der Waals surface area contributed by atoms with Crippen LogP contribution in [0.2, 0.25) is 0 Å². The number of amides is 2. The molecule has 1 aliphatic rings. The van der Waals surface area contributed by atoms with Crippen LogP contribution in [0, 0.1) is 5.92 Å². The summed E-state index contributed by atoms with van der Waals surface area (Å²) in [6, 6.07) is 7.63. The Balaban J connectivity index is 2.08. The molecule has 1 fully saturated rings. The topological polar surface area (TPSA) is 72.6 Å². The van der Waals surface area contributed by atoms with Gasteiger partial charge in [-0.25, -0.2) is 0 Å². The van der Waals surface area contributed by atoms with Crippen molar-refractivity contribution >= 4 is 27.7 Å². The second kappa shape index (κ2) is 6.85. The van der Waals surface area contributed by atoms with Gasteiger partial charge < -0.3 is 15.4 Å². The molecule has 0 aliphatic carbocycles. The van der Waals surface area contributed by atoms with Crippen LogP contribution in [0.3, 0.4) is 0 Å². The van der Waals surface area contributed by atoms with Crippen molar-refractivity contribution in [2.75, 3.05) is 19.8 Å². The fourth-order valence-electron chi connectivity index (χ4n) is 2.20. The summed E-state index contributed by atoms with van der Waals surface area (Å²) in [4.78, 5) is 25.0. The molecule has 2 amide bonds. The summed E-state index contributed by atoms with van der Waals surface area (Å²) >= 11 is 3.36. The third kappa shape index (κ3) is 4.05. The van der Waals surface area contributed by atoms with Crippen molar-refractivity contribution in [2.45, 2.75) is 13.0 Å². The van der Waals surface area contributed by atoms with E-state index in [2.05, 4.69) is 15.9 Å². The van der Waals surface area contributed by atoms with Crippen LogP contribution in [0.25, 0.3) is 0 Å². The Labute approximate surface area is 126 Å². The van der Waals surface area contributed by atoms with Gasteiger partial charge in [0, 0.05) is 17.6 Å². The quantitative estimate of drug-likeness (QED) is 0.877. The number of benzene rings is 1. The number of hydrogen-bond donors (Lipinski definition) is 1. The molecule has 2 N–H and O–H groups in total. The number of ether oxygens (including phenoxy) is 1. The molecule has 1 aromatic rings. The highest BCUT2D eigenvalue weighted by Gasteiger charge is 2.28. The molecule has 0 bridgehead atoms. The van der Waals surface area contributed by atoms with Gasteiger partial charge in [-0.15, -0.1) is 0 Å². The SMILES string of the molecule is NC(=O)CN(Cc1ccc(Br)cc1)C(=O)C1CCOC1. The van der Waals surface area contributed by atoms with Gasteiger partial charge >= 0.3 is 0 Å². The maximum Gasteiger partial charge on any atom is 0.237 e. The van der Waals surface area contributed by atoms with E-state index in [1.165, 1.54) is 4.90 Å². The molecule has 1 heterocycles. The molecule has 1 unspecified atom stereocenters. The Morgan fingerprint density at radius 2 is 2.05 bits per heavy atom. The third-order valence-electron chi connectivity index (χ3n) is 3.22. The highest BCUT2D eigenvalue weighted by Crippen LogP contribution is 2.18. The predicted molar refractivity (Wildman–Crippen MR) is 77.7 cm³/mol. The summed E-state index contributed by atoms with van der Waals surface area (Å²) in [6.07, 6.45) is 0.703. The lowest BCUT2D eigenvalue weighted by Gasteiger charge is -2.24. The summed E-state index contributed by atoms with van der Waals surface area (Å²) in [6.45, 7) is 1.34. The minimum atomic E-state index is -0.505. The summed E-state index contributed by atoms with van der Waals surface area (Å²) < 4.78 is 6.20. The van der Waals surface area contributed by atoms with E-state index >= 15 is 0 Å². The first-order chi connectivity index (χ1) is 9.56. The van der Waals surface area contributed by atoms with E-state index < -0.39 is 5.91 Å². The van der Waals surface area contributed by atoms with Crippen molar-refractivity contribution in [3.05, 3.63) is 34.3 Å². The molecule has 20 heavy (non-hydrogen) atoms. The highest BCUT2D eigenvalue weighted by atomic mass is 79.9. The molecule has 0 spiro atoms. The van der Waals surface area contributed by atoms with Gasteiger partial charge in [0.05, 0.1) is 19.1 Å². The minimum Gasteiger partial charge on any atom is -0.381 e. The number of carbonyl (C=O) groups is 2. The van der Waals surface area contributed by atoms with Crippen molar-refractivity contribution in [3.63, 3.8) is 0 Å². The first-order valence-electron chi connectivity index (χ1n) is 6.45. The Hall–Kier alpha value is -1.40. The Bertz CT molecular complexity index is 484. The second-order valence-electron chi connectivity index (χ2n) is 4.85. The minimum absolute atomic E-state index is 0.0641. The lowest BCUT2D eigenvalue weighted by atomic mass is 10.1. The number of nitrogens with zero attached hydrogens (tertiary/aromatic N) is 1. The largest absolute Gasteiger partial charge is 0.381 e. The summed E-state index contributed by atoms with van der Waals surface area (Å²) in [7, 11) is 0. The molecule has 0 aromatic heterocycles. The third-order valence-corrected chi connectivity index (χ3v) is 3.75. The zero-order valence-electron chi connectivity index (χ0n) is 11.0. The van der Waals surface area contributed by atoms with Crippen LogP contribution >= 0.6 is 15.9 Å². The van der Waals surface area contributed by atoms with Gasteiger partial charge in [-0.3, -0.25) is 9.59 Å². The van der Waals surface area contributed by atoms with Gasteiger partial charge in [0.2, 0.25) is 11.8 Å². The number of nitrogens with two attached hydrogens (primary N) is 1. The Morgan fingerprint density at radius 1 is 1.35 bits per heavy atom. The van der Waals surface area contributed by atoms with Crippen LogP contribution in [-0.4, -0.2) is 36.5 Å². The number of rotatable bonds is 5. The van der Waals surface area contributed by atoms with E-state index in [0.29, 0.717) is 26.2 Å². The van der Waals surface area contributed by atoms with Gasteiger partial charge in [-0.1, -0.05) is 28.1 Å². The van der Waals surface area contributed by atoms with Crippen LogP contribution in [-0.2, 0) is 20.9 Å². The van der Waals surface area contributed by atoms with E-state index in [9.17, 15) is 9.59 Å². The first-order valence-corrected chi connectivity index (χ1v) is 7.25. The Morgan fingerprint density at radius 3 is 2.60 bits per heavy atom.